The second-order valence-corrected chi connectivity index (χ2v) is 6.39. The normalized spacial score (nSPS) is 11.8. The Morgan fingerprint density at radius 3 is 2.42 bits per heavy atom. The number of aryl methyl sites for hydroxylation is 2. The van der Waals surface area contributed by atoms with E-state index in [2.05, 4.69) is 60.2 Å². The number of hydrogen-bond donors (Lipinski definition) is 2. The summed E-state index contributed by atoms with van der Waals surface area (Å²) in [5, 5.41) is 2.56. The summed E-state index contributed by atoms with van der Waals surface area (Å²) in [6.07, 6.45) is 0. The summed E-state index contributed by atoms with van der Waals surface area (Å²) in [5.74, 6) is 0.934. The van der Waals surface area contributed by atoms with E-state index in [1.54, 1.807) is 0 Å². The Labute approximate surface area is 139 Å². The maximum Gasteiger partial charge on any atom is 0.138 e. The topological polar surface area (TPSA) is 44.5 Å². The van der Waals surface area contributed by atoms with E-state index < -0.39 is 0 Å². The van der Waals surface area contributed by atoms with Gasteiger partial charge in [-0.2, -0.15) is 0 Å². The molecular weight excluding hydrogens is 294 g/mol. The van der Waals surface area contributed by atoms with E-state index in [0.717, 1.165) is 16.9 Å². The van der Waals surface area contributed by atoms with E-state index in [-0.39, 0.29) is 0 Å². The lowest BCUT2D eigenvalue weighted by Crippen LogP contribution is -1.89. The Bertz CT molecular complexity index is 1190. The molecule has 3 heteroatoms. The van der Waals surface area contributed by atoms with Gasteiger partial charge >= 0.3 is 0 Å². The molecule has 2 N–H and O–H groups in total. The van der Waals surface area contributed by atoms with Crippen LogP contribution in [0.1, 0.15) is 11.1 Å². The Kier molecular flexibility index (Phi) is 2.63. The third-order valence-electron chi connectivity index (χ3n) is 4.88. The lowest BCUT2D eigenvalue weighted by molar-refractivity contribution is 1.31. The number of fused-ring (bicyclic) bond motifs is 4. The highest BCUT2D eigenvalue weighted by atomic mass is 14.9. The van der Waals surface area contributed by atoms with Crippen LogP contribution in [0.25, 0.3) is 44.2 Å². The summed E-state index contributed by atoms with van der Waals surface area (Å²) in [6, 6.07) is 18.9. The van der Waals surface area contributed by atoms with Gasteiger partial charge in [-0.15, -0.1) is 0 Å². The first-order valence-corrected chi connectivity index (χ1v) is 8.18. The number of aromatic amines is 2. The van der Waals surface area contributed by atoms with Crippen molar-refractivity contribution < 1.29 is 0 Å². The quantitative estimate of drug-likeness (QED) is 0.423. The van der Waals surface area contributed by atoms with Crippen molar-refractivity contribution in [2.24, 2.45) is 0 Å². The van der Waals surface area contributed by atoms with Gasteiger partial charge in [0.15, 0.2) is 0 Å². The van der Waals surface area contributed by atoms with Gasteiger partial charge in [-0.3, -0.25) is 0 Å². The second-order valence-electron chi connectivity index (χ2n) is 6.39. The van der Waals surface area contributed by atoms with Gasteiger partial charge < -0.3 is 9.97 Å². The molecule has 3 aromatic carbocycles. The maximum atomic E-state index is 4.79. The minimum absolute atomic E-state index is 0.934. The highest BCUT2D eigenvalue weighted by Crippen LogP contribution is 2.36. The molecule has 5 rings (SSSR count). The second kappa shape index (κ2) is 4.71. The molecule has 3 nitrogen and oxygen atoms in total. The number of imidazole rings is 1. The fraction of sp³-hybridized carbons (Fsp3) is 0.0952. The highest BCUT2D eigenvalue weighted by Gasteiger charge is 2.15. The van der Waals surface area contributed by atoms with Crippen molar-refractivity contribution >= 4 is 32.8 Å². The van der Waals surface area contributed by atoms with Crippen LogP contribution in [0.5, 0.6) is 0 Å². The van der Waals surface area contributed by atoms with Crippen molar-refractivity contribution in [3.05, 3.63) is 65.7 Å². The summed E-state index contributed by atoms with van der Waals surface area (Å²) >= 11 is 0. The standard InChI is InChI=1S/C21H17N3/c1-12-11-15(21-23-17-9-5-6-10-18(17)24-21)13(2)19-14-7-3-4-8-16(14)22-20(12)19/h3-11,22H,1-2H3,(H,23,24). The number of aromatic nitrogens is 3. The Morgan fingerprint density at radius 2 is 1.58 bits per heavy atom. The minimum atomic E-state index is 0.934. The Morgan fingerprint density at radius 1 is 0.833 bits per heavy atom. The zero-order valence-electron chi connectivity index (χ0n) is 13.6. The molecule has 0 saturated heterocycles. The lowest BCUT2D eigenvalue weighted by atomic mass is 9.98. The fourth-order valence-corrected chi connectivity index (χ4v) is 3.69. The largest absolute Gasteiger partial charge is 0.354 e. The summed E-state index contributed by atoms with van der Waals surface area (Å²) in [4.78, 5) is 11.8. The number of hydrogen-bond acceptors (Lipinski definition) is 1. The molecule has 0 atom stereocenters. The summed E-state index contributed by atoms with van der Waals surface area (Å²) in [6.45, 7) is 4.34. The first-order chi connectivity index (χ1) is 11.7. The predicted molar refractivity (Wildman–Crippen MR) is 100 cm³/mol. The minimum Gasteiger partial charge on any atom is -0.354 e. The zero-order valence-corrected chi connectivity index (χ0v) is 13.6. The van der Waals surface area contributed by atoms with Crippen LogP contribution >= 0.6 is 0 Å². The predicted octanol–water partition coefficient (Wildman–Crippen LogP) is 5.48. The molecule has 0 spiro atoms. The smallest absolute Gasteiger partial charge is 0.138 e. The number of benzene rings is 3. The molecule has 0 amide bonds. The molecule has 2 aromatic heterocycles. The van der Waals surface area contributed by atoms with Crippen LogP contribution in [0.15, 0.2) is 54.6 Å². The average Bonchev–Trinajstić information content (AvgIpc) is 3.19. The van der Waals surface area contributed by atoms with E-state index in [1.165, 1.54) is 38.5 Å². The summed E-state index contributed by atoms with van der Waals surface area (Å²) in [5.41, 5.74) is 8.14. The van der Waals surface area contributed by atoms with Crippen LogP contribution in [0, 0.1) is 13.8 Å². The van der Waals surface area contributed by atoms with Crippen LogP contribution in [0.4, 0.5) is 0 Å². The van der Waals surface area contributed by atoms with E-state index >= 15 is 0 Å². The number of H-pyrrole nitrogens is 2. The number of nitrogens with zero attached hydrogens (tertiary/aromatic N) is 1. The van der Waals surface area contributed by atoms with E-state index in [4.69, 9.17) is 4.98 Å². The van der Waals surface area contributed by atoms with E-state index in [9.17, 15) is 0 Å². The SMILES string of the molecule is Cc1cc(-c2nc3ccccc3[nH]2)c(C)c2c1[nH]c1ccccc12. The summed E-state index contributed by atoms with van der Waals surface area (Å²) in [7, 11) is 0. The number of para-hydroxylation sites is 3. The van der Waals surface area contributed by atoms with Gasteiger partial charge in [-0.05, 0) is 49.2 Å². The first kappa shape index (κ1) is 13.4. The monoisotopic (exact) mass is 311 g/mol. The average molecular weight is 311 g/mol. The molecule has 0 aliphatic rings. The van der Waals surface area contributed by atoms with Gasteiger partial charge in [0.2, 0.25) is 0 Å². The van der Waals surface area contributed by atoms with Crippen molar-refractivity contribution in [3.8, 4) is 11.4 Å². The molecule has 5 aromatic rings. The Balaban J connectivity index is 1.88. The van der Waals surface area contributed by atoms with Crippen LogP contribution in [0.3, 0.4) is 0 Å². The molecule has 2 heterocycles. The van der Waals surface area contributed by atoms with Gasteiger partial charge in [0, 0.05) is 27.4 Å². The molecular formula is C21H17N3. The van der Waals surface area contributed by atoms with Crippen molar-refractivity contribution in [2.45, 2.75) is 13.8 Å². The molecule has 0 fully saturated rings. The molecule has 0 saturated carbocycles. The lowest BCUT2D eigenvalue weighted by Gasteiger charge is -2.08. The van der Waals surface area contributed by atoms with Crippen LogP contribution in [-0.2, 0) is 0 Å². The summed E-state index contributed by atoms with van der Waals surface area (Å²) < 4.78 is 0. The molecule has 0 unspecified atom stereocenters. The van der Waals surface area contributed by atoms with E-state index in [0.29, 0.717) is 0 Å². The Hall–Kier alpha value is -3.07. The van der Waals surface area contributed by atoms with Crippen LogP contribution in [-0.4, -0.2) is 15.0 Å². The van der Waals surface area contributed by atoms with E-state index in [1.807, 2.05) is 18.2 Å². The van der Waals surface area contributed by atoms with Gasteiger partial charge in [0.25, 0.3) is 0 Å². The van der Waals surface area contributed by atoms with Crippen molar-refractivity contribution in [1.82, 2.24) is 15.0 Å². The third-order valence-corrected chi connectivity index (χ3v) is 4.88. The molecule has 116 valence electrons. The van der Waals surface area contributed by atoms with Crippen molar-refractivity contribution in [1.29, 1.82) is 0 Å². The molecule has 0 aliphatic heterocycles. The molecule has 0 bridgehead atoms. The van der Waals surface area contributed by atoms with Crippen molar-refractivity contribution in [2.75, 3.05) is 0 Å². The van der Waals surface area contributed by atoms with Gasteiger partial charge in [-0.1, -0.05) is 30.3 Å². The number of rotatable bonds is 1. The van der Waals surface area contributed by atoms with Crippen LogP contribution < -0.4 is 0 Å². The van der Waals surface area contributed by atoms with Gasteiger partial charge in [0.1, 0.15) is 5.82 Å². The first-order valence-electron chi connectivity index (χ1n) is 8.18. The molecule has 0 aliphatic carbocycles. The molecule has 24 heavy (non-hydrogen) atoms. The van der Waals surface area contributed by atoms with Gasteiger partial charge in [-0.25, -0.2) is 4.98 Å². The third kappa shape index (κ3) is 1.75. The fourth-order valence-electron chi connectivity index (χ4n) is 3.69. The highest BCUT2D eigenvalue weighted by molar-refractivity contribution is 6.11. The maximum absolute atomic E-state index is 4.79. The van der Waals surface area contributed by atoms with Gasteiger partial charge in [0.05, 0.1) is 11.0 Å². The van der Waals surface area contributed by atoms with Crippen molar-refractivity contribution in [3.63, 3.8) is 0 Å². The zero-order chi connectivity index (χ0) is 16.3. The molecule has 0 radical (unpaired) electrons. The van der Waals surface area contributed by atoms with Crippen LogP contribution in [0.2, 0.25) is 0 Å². The number of nitrogens with one attached hydrogen (secondary N) is 2.